The van der Waals surface area contributed by atoms with Gasteiger partial charge in [-0.1, -0.05) is 0 Å². The Hall–Kier alpha value is -1.55. The second kappa shape index (κ2) is 4.53. The molecule has 1 N–H and O–H groups in total. The van der Waals surface area contributed by atoms with Gasteiger partial charge in [-0.15, -0.1) is 0 Å². The standard InChI is InChI=1S/C12H16N2O2/c1-13-10-4-5-11-9(7-10)3-6-12(15)14(11)8-16-2/h4-5,7,13H,3,6,8H2,1-2H3. The molecule has 0 fully saturated rings. The van der Waals surface area contributed by atoms with E-state index in [1.165, 1.54) is 5.56 Å². The summed E-state index contributed by atoms with van der Waals surface area (Å²) in [7, 11) is 3.49. The van der Waals surface area contributed by atoms with Crippen molar-refractivity contribution in [2.45, 2.75) is 12.8 Å². The number of amides is 1. The third kappa shape index (κ3) is 1.88. The maximum Gasteiger partial charge on any atom is 0.229 e. The summed E-state index contributed by atoms with van der Waals surface area (Å²) in [5.41, 5.74) is 3.24. The first-order valence-electron chi connectivity index (χ1n) is 5.36. The van der Waals surface area contributed by atoms with Crippen LogP contribution < -0.4 is 10.2 Å². The van der Waals surface area contributed by atoms with Gasteiger partial charge in [0, 0.05) is 32.0 Å². The van der Waals surface area contributed by atoms with Crippen molar-refractivity contribution in [1.29, 1.82) is 0 Å². The summed E-state index contributed by atoms with van der Waals surface area (Å²) in [6, 6.07) is 6.03. The molecular weight excluding hydrogens is 204 g/mol. The Bertz CT molecular complexity index is 404. The van der Waals surface area contributed by atoms with E-state index < -0.39 is 0 Å². The second-order valence-electron chi connectivity index (χ2n) is 3.83. The number of methoxy groups -OCH3 is 1. The molecule has 2 rings (SSSR count). The van der Waals surface area contributed by atoms with E-state index in [0.29, 0.717) is 13.2 Å². The van der Waals surface area contributed by atoms with Crippen LogP contribution in [0.25, 0.3) is 0 Å². The van der Waals surface area contributed by atoms with E-state index in [2.05, 4.69) is 11.4 Å². The number of carbonyl (C=O) groups is 1. The molecule has 1 heterocycles. The van der Waals surface area contributed by atoms with E-state index in [0.717, 1.165) is 17.8 Å². The average Bonchev–Trinajstić information content (AvgIpc) is 2.32. The Kier molecular flexibility index (Phi) is 3.10. The van der Waals surface area contributed by atoms with Gasteiger partial charge in [-0.3, -0.25) is 9.69 Å². The molecule has 4 heteroatoms. The Balaban J connectivity index is 2.36. The van der Waals surface area contributed by atoms with Gasteiger partial charge in [-0.25, -0.2) is 0 Å². The minimum atomic E-state index is 0.131. The lowest BCUT2D eigenvalue weighted by Gasteiger charge is -2.29. The van der Waals surface area contributed by atoms with Gasteiger partial charge in [0.2, 0.25) is 5.91 Å². The number of nitrogens with zero attached hydrogens (tertiary/aromatic N) is 1. The van der Waals surface area contributed by atoms with Crippen molar-refractivity contribution in [1.82, 2.24) is 0 Å². The lowest BCUT2D eigenvalue weighted by molar-refractivity contribution is -0.119. The summed E-state index contributed by atoms with van der Waals surface area (Å²) in [6.07, 6.45) is 1.37. The third-order valence-electron chi connectivity index (χ3n) is 2.83. The van der Waals surface area contributed by atoms with E-state index in [1.807, 2.05) is 19.2 Å². The van der Waals surface area contributed by atoms with Crippen molar-refractivity contribution < 1.29 is 9.53 Å². The lowest BCUT2D eigenvalue weighted by Crippen LogP contribution is -2.36. The Morgan fingerprint density at radius 2 is 2.25 bits per heavy atom. The molecule has 86 valence electrons. The maximum absolute atomic E-state index is 11.7. The molecule has 0 radical (unpaired) electrons. The fourth-order valence-corrected chi connectivity index (χ4v) is 1.99. The number of fused-ring (bicyclic) bond motifs is 1. The Morgan fingerprint density at radius 1 is 1.44 bits per heavy atom. The number of carbonyl (C=O) groups excluding carboxylic acids is 1. The summed E-state index contributed by atoms with van der Waals surface area (Å²) >= 11 is 0. The van der Waals surface area contributed by atoms with Crippen molar-refractivity contribution in [2.24, 2.45) is 0 Å². The van der Waals surface area contributed by atoms with Crippen LogP contribution in [0.4, 0.5) is 11.4 Å². The van der Waals surface area contributed by atoms with E-state index >= 15 is 0 Å². The van der Waals surface area contributed by atoms with Crippen molar-refractivity contribution in [3.05, 3.63) is 23.8 Å². The van der Waals surface area contributed by atoms with Crippen LogP contribution in [0.1, 0.15) is 12.0 Å². The van der Waals surface area contributed by atoms with Gasteiger partial charge < -0.3 is 10.1 Å². The summed E-state index contributed by atoms with van der Waals surface area (Å²) in [5.74, 6) is 0.131. The highest BCUT2D eigenvalue weighted by Crippen LogP contribution is 2.29. The maximum atomic E-state index is 11.7. The van der Waals surface area contributed by atoms with Gasteiger partial charge in [-0.2, -0.15) is 0 Å². The number of aryl methyl sites for hydroxylation is 1. The van der Waals surface area contributed by atoms with Gasteiger partial charge in [0.15, 0.2) is 0 Å². The summed E-state index contributed by atoms with van der Waals surface area (Å²) in [6.45, 7) is 0.324. The quantitative estimate of drug-likeness (QED) is 0.841. The normalized spacial score (nSPS) is 14.9. The third-order valence-corrected chi connectivity index (χ3v) is 2.83. The van der Waals surface area contributed by atoms with Crippen LogP contribution in [0.15, 0.2) is 18.2 Å². The molecule has 0 atom stereocenters. The highest BCUT2D eigenvalue weighted by molar-refractivity contribution is 5.96. The summed E-state index contributed by atoms with van der Waals surface area (Å²) < 4.78 is 5.05. The van der Waals surface area contributed by atoms with E-state index in [-0.39, 0.29) is 5.91 Å². The first kappa shape index (κ1) is 11.0. The number of hydrogen-bond acceptors (Lipinski definition) is 3. The van der Waals surface area contributed by atoms with E-state index in [1.54, 1.807) is 12.0 Å². The van der Waals surface area contributed by atoms with Crippen LogP contribution in [-0.2, 0) is 16.0 Å². The van der Waals surface area contributed by atoms with Gasteiger partial charge in [0.05, 0.1) is 0 Å². The molecule has 16 heavy (non-hydrogen) atoms. The molecule has 0 aliphatic carbocycles. The van der Waals surface area contributed by atoms with Gasteiger partial charge in [0.1, 0.15) is 6.73 Å². The zero-order valence-corrected chi connectivity index (χ0v) is 9.62. The van der Waals surface area contributed by atoms with Crippen LogP contribution in [0.3, 0.4) is 0 Å². The average molecular weight is 220 g/mol. The first-order valence-corrected chi connectivity index (χ1v) is 5.36. The molecule has 1 aliphatic rings. The highest BCUT2D eigenvalue weighted by atomic mass is 16.5. The van der Waals surface area contributed by atoms with Crippen molar-refractivity contribution in [3.63, 3.8) is 0 Å². The molecule has 1 aliphatic heterocycles. The van der Waals surface area contributed by atoms with Gasteiger partial charge in [-0.05, 0) is 30.2 Å². The fraction of sp³-hybridized carbons (Fsp3) is 0.417. The SMILES string of the molecule is CNc1ccc2c(c1)CCC(=O)N2COC. The Labute approximate surface area is 95.2 Å². The minimum absolute atomic E-state index is 0.131. The molecule has 0 saturated heterocycles. The molecule has 0 aromatic heterocycles. The molecule has 0 spiro atoms. The molecule has 0 unspecified atom stereocenters. The number of rotatable bonds is 3. The zero-order chi connectivity index (χ0) is 11.5. The molecule has 4 nitrogen and oxygen atoms in total. The Morgan fingerprint density at radius 3 is 2.94 bits per heavy atom. The predicted octanol–water partition coefficient (Wildman–Crippen LogP) is 1.61. The molecule has 1 amide bonds. The molecule has 1 aromatic carbocycles. The number of benzene rings is 1. The summed E-state index contributed by atoms with van der Waals surface area (Å²) in [5, 5.41) is 3.10. The lowest BCUT2D eigenvalue weighted by atomic mass is 10.0. The number of ether oxygens (including phenoxy) is 1. The topological polar surface area (TPSA) is 41.6 Å². The highest BCUT2D eigenvalue weighted by Gasteiger charge is 2.23. The van der Waals surface area contributed by atoms with Gasteiger partial charge in [0.25, 0.3) is 0 Å². The summed E-state index contributed by atoms with van der Waals surface area (Å²) in [4.78, 5) is 13.4. The van der Waals surface area contributed by atoms with Crippen LogP contribution in [0.5, 0.6) is 0 Å². The van der Waals surface area contributed by atoms with Gasteiger partial charge >= 0.3 is 0 Å². The van der Waals surface area contributed by atoms with Crippen LogP contribution in [-0.4, -0.2) is 26.8 Å². The predicted molar refractivity (Wildman–Crippen MR) is 63.7 cm³/mol. The molecule has 1 aromatic rings. The molecule has 0 saturated carbocycles. The zero-order valence-electron chi connectivity index (χ0n) is 9.62. The smallest absolute Gasteiger partial charge is 0.229 e. The minimum Gasteiger partial charge on any atom is -0.388 e. The van der Waals surface area contributed by atoms with Crippen LogP contribution >= 0.6 is 0 Å². The fourth-order valence-electron chi connectivity index (χ4n) is 1.99. The van der Waals surface area contributed by atoms with Crippen LogP contribution in [0.2, 0.25) is 0 Å². The van der Waals surface area contributed by atoms with Crippen molar-refractivity contribution in [3.8, 4) is 0 Å². The first-order chi connectivity index (χ1) is 7.76. The number of anilines is 2. The van der Waals surface area contributed by atoms with Crippen LogP contribution in [0, 0.1) is 0 Å². The number of nitrogens with one attached hydrogen (secondary N) is 1. The molecular formula is C12H16N2O2. The van der Waals surface area contributed by atoms with Crippen molar-refractivity contribution >= 4 is 17.3 Å². The largest absolute Gasteiger partial charge is 0.388 e. The second-order valence-corrected chi connectivity index (χ2v) is 3.83. The number of hydrogen-bond donors (Lipinski definition) is 1. The van der Waals surface area contributed by atoms with Crippen molar-refractivity contribution in [2.75, 3.05) is 31.1 Å². The van der Waals surface area contributed by atoms with E-state index in [4.69, 9.17) is 4.74 Å². The molecule has 0 bridgehead atoms. The van der Waals surface area contributed by atoms with E-state index in [9.17, 15) is 4.79 Å². The monoisotopic (exact) mass is 220 g/mol.